The average molecular weight is 261 g/mol. The number of nitrogens with zero attached hydrogens (tertiary/aromatic N) is 1. The van der Waals surface area contributed by atoms with Crippen LogP contribution in [0.25, 0.3) is 0 Å². The Morgan fingerprint density at radius 3 is 2.74 bits per heavy atom. The first kappa shape index (κ1) is 14.1. The lowest BCUT2D eigenvalue weighted by atomic mass is 9.92. The van der Waals surface area contributed by atoms with Crippen LogP contribution >= 0.6 is 0 Å². The van der Waals surface area contributed by atoms with Crippen molar-refractivity contribution >= 4 is 5.97 Å². The van der Waals surface area contributed by atoms with Crippen molar-refractivity contribution in [3.63, 3.8) is 0 Å². The zero-order valence-electron chi connectivity index (χ0n) is 11.6. The fourth-order valence-electron chi connectivity index (χ4n) is 2.83. The number of piperidine rings is 1. The van der Waals surface area contributed by atoms with Crippen molar-refractivity contribution in [3.8, 4) is 0 Å². The number of carbonyl (C=O) groups is 1. The van der Waals surface area contributed by atoms with Crippen LogP contribution in [0.15, 0.2) is 24.3 Å². The molecule has 0 atom stereocenters. The Balaban J connectivity index is 1.75. The number of benzene rings is 1. The van der Waals surface area contributed by atoms with Crippen molar-refractivity contribution in [1.29, 1.82) is 0 Å². The summed E-state index contributed by atoms with van der Waals surface area (Å²) in [6.45, 7) is 5.34. The molecule has 0 aliphatic carbocycles. The summed E-state index contributed by atoms with van der Waals surface area (Å²) in [6, 6.07) is 8.67. The van der Waals surface area contributed by atoms with E-state index in [-0.39, 0.29) is 0 Å². The van der Waals surface area contributed by atoms with Crippen LogP contribution in [0.3, 0.4) is 0 Å². The highest BCUT2D eigenvalue weighted by Crippen LogP contribution is 2.23. The highest BCUT2D eigenvalue weighted by Gasteiger charge is 2.19. The van der Waals surface area contributed by atoms with Crippen molar-refractivity contribution in [3.05, 3.63) is 35.4 Å². The number of rotatable bonds is 5. The van der Waals surface area contributed by atoms with Gasteiger partial charge in [-0.1, -0.05) is 29.8 Å². The Morgan fingerprint density at radius 2 is 2.11 bits per heavy atom. The molecule has 0 bridgehead atoms. The maximum atomic E-state index is 10.6. The molecule has 1 heterocycles. The predicted molar refractivity (Wildman–Crippen MR) is 76.0 cm³/mol. The number of aliphatic carboxylic acids is 1. The summed E-state index contributed by atoms with van der Waals surface area (Å²) >= 11 is 0. The van der Waals surface area contributed by atoms with Gasteiger partial charge in [-0.25, -0.2) is 0 Å². The smallest absolute Gasteiger partial charge is 0.303 e. The number of likely N-dealkylation sites (tertiary alicyclic amines) is 1. The molecular formula is C16H23NO2. The molecule has 1 aromatic rings. The minimum Gasteiger partial charge on any atom is -0.481 e. The monoisotopic (exact) mass is 261 g/mol. The van der Waals surface area contributed by atoms with Crippen LogP contribution in [0.5, 0.6) is 0 Å². The second kappa shape index (κ2) is 6.71. The molecule has 2 rings (SSSR count). The third-order valence-electron chi connectivity index (χ3n) is 3.96. The highest BCUT2D eigenvalue weighted by molar-refractivity contribution is 5.66. The molecule has 0 amide bonds. The van der Waals surface area contributed by atoms with Crippen LogP contribution in [-0.4, -0.2) is 29.1 Å². The van der Waals surface area contributed by atoms with E-state index in [1.165, 1.54) is 11.1 Å². The van der Waals surface area contributed by atoms with E-state index >= 15 is 0 Å². The lowest BCUT2D eigenvalue weighted by Gasteiger charge is -2.31. The van der Waals surface area contributed by atoms with Gasteiger partial charge in [-0.05, 0) is 50.8 Å². The van der Waals surface area contributed by atoms with E-state index in [0.29, 0.717) is 12.3 Å². The minimum absolute atomic E-state index is 0.322. The summed E-state index contributed by atoms with van der Waals surface area (Å²) in [7, 11) is 0. The predicted octanol–water partition coefficient (Wildman–Crippen LogP) is 3.07. The Morgan fingerprint density at radius 1 is 1.37 bits per heavy atom. The molecule has 0 unspecified atom stereocenters. The zero-order chi connectivity index (χ0) is 13.7. The normalized spacial score (nSPS) is 17.5. The summed E-state index contributed by atoms with van der Waals surface area (Å²) in [5, 5.41) is 8.71. The van der Waals surface area contributed by atoms with Crippen LogP contribution < -0.4 is 0 Å². The molecule has 104 valence electrons. The SMILES string of the molecule is Cc1cccc(CN2CCC(CCC(=O)O)CC2)c1. The van der Waals surface area contributed by atoms with Crippen molar-refractivity contribution in [2.45, 2.75) is 39.2 Å². The third-order valence-corrected chi connectivity index (χ3v) is 3.96. The number of carboxylic acids is 1. The summed E-state index contributed by atoms with van der Waals surface area (Å²) in [5.74, 6) is -0.0629. The first-order valence-corrected chi connectivity index (χ1v) is 7.13. The number of carboxylic acid groups (broad SMARTS) is 1. The molecule has 1 fully saturated rings. The average Bonchev–Trinajstić information content (AvgIpc) is 2.38. The standard InChI is InChI=1S/C16H23NO2/c1-13-3-2-4-15(11-13)12-17-9-7-14(8-10-17)5-6-16(18)19/h2-4,11,14H,5-10,12H2,1H3,(H,18,19). The van der Waals surface area contributed by atoms with Gasteiger partial charge in [-0.15, -0.1) is 0 Å². The number of aryl methyl sites for hydroxylation is 1. The molecule has 0 spiro atoms. The molecular weight excluding hydrogens is 238 g/mol. The summed E-state index contributed by atoms with van der Waals surface area (Å²) in [4.78, 5) is 13.0. The van der Waals surface area contributed by atoms with Gasteiger partial charge in [0.15, 0.2) is 0 Å². The number of hydrogen-bond acceptors (Lipinski definition) is 2. The van der Waals surface area contributed by atoms with E-state index in [4.69, 9.17) is 5.11 Å². The van der Waals surface area contributed by atoms with E-state index in [9.17, 15) is 4.79 Å². The van der Waals surface area contributed by atoms with Gasteiger partial charge in [0.25, 0.3) is 0 Å². The molecule has 1 saturated heterocycles. The third kappa shape index (κ3) is 4.67. The molecule has 1 aliphatic heterocycles. The lowest BCUT2D eigenvalue weighted by molar-refractivity contribution is -0.137. The van der Waals surface area contributed by atoms with Gasteiger partial charge >= 0.3 is 5.97 Å². The molecule has 3 heteroatoms. The van der Waals surface area contributed by atoms with E-state index in [2.05, 4.69) is 36.1 Å². The van der Waals surface area contributed by atoms with Gasteiger partial charge in [0.1, 0.15) is 0 Å². The molecule has 1 N–H and O–H groups in total. The van der Waals surface area contributed by atoms with Gasteiger partial charge in [0.2, 0.25) is 0 Å². The van der Waals surface area contributed by atoms with E-state index in [0.717, 1.165) is 38.9 Å². The molecule has 1 aromatic carbocycles. The van der Waals surface area contributed by atoms with Crippen LogP contribution in [0.2, 0.25) is 0 Å². The zero-order valence-corrected chi connectivity index (χ0v) is 11.6. The quantitative estimate of drug-likeness (QED) is 0.885. The molecule has 0 saturated carbocycles. The van der Waals surface area contributed by atoms with Gasteiger partial charge in [0, 0.05) is 13.0 Å². The fourth-order valence-corrected chi connectivity index (χ4v) is 2.83. The van der Waals surface area contributed by atoms with Crippen LogP contribution in [0, 0.1) is 12.8 Å². The fraction of sp³-hybridized carbons (Fsp3) is 0.562. The highest BCUT2D eigenvalue weighted by atomic mass is 16.4. The maximum absolute atomic E-state index is 10.6. The lowest BCUT2D eigenvalue weighted by Crippen LogP contribution is -2.33. The topological polar surface area (TPSA) is 40.5 Å². The molecule has 0 aromatic heterocycles. The molecule has 3 nitrogen and oxygen atoms in total. The Labute approximate surface area is 115 Å². The Bertz CT molecular complexity index is 423. The first-order valence-electron chi connectivity index (χ1n) is 7.13. The van der Waals surface area contributed by atoms with E-state index in [1.807, 2.05) is 0 Å². The van der Waals surface area contributed by atoms with Crippen molar-refractivity contribution < 1.29 is 9.90 Å². The molecule has 19 heavy (non-hydrogen) atoms. The van der Waals surface area contributed by atoms with Crippen LogP contribution in [-0.2, 0) is 11.3 Å². The van der Waals surface area contributed by atoms with Crippen LogP contribution in [0.1, 0.15) is 36.8 Å². The summed E-state index contributed by atoms with van der Waals surface area (Å²) < 4.78 is 0. The summed E-state index contributed by atoms with van der Waals surface area (Å²) in [5.41, 5.74) is 2.69. The Hall–Kier alpha value is -1.35. The second-order valence-electron chi connectivity index (χ2n) is 5.64. The van der Waals surface area contributed by atoms with E-state index < -0.39 is 5.97 Å². The van der Waals surface area contributed by atoms with Gasteiger partial charge in [-0.3, -0.25) is 9.69 Å². The number of hydrogen-bond donors (Lipinski definition) is 1. The maximum Gasteiger partial charge on any atom is 0.303 e. The second-order valence-corrected chi connectivity index (χ2v) is 5.64. The Kier molecular flexibility index (Phi) is 4.97. The van der Waals surface area contributed by atoms with Crippen molar-refractivity contribution in [2.75, 3.05) is 13.1 Å². The largest absolute Gasteiger partial charge is 0.481 e. The van der Waals surface area contributed by atoms with Gasteiger partial charge in [-0.2, -0.15) is 0 Å². The van der Waals surface area contributed by atoms with E-state index in [1.54, 1.807) is 0 Å². The van der Waals surface area contributed by atoms with Crippen LogP contribution in [0.4, 0.5) is 0 Å². The van der Waals surface area contributed by atoms with Crippen molar-refractivity contribution in [1.82, 2.24) is 4.90 Å². The minimum atomic E-state index is -0.665. The van der Waals surface area contributed by atoms with Gasteiger partial charge < -0.3 is 5.11 Å². The summed E-state index contributed by atoms with van der Waals surface area (Å²) in [6.07, 6.45) is 3.44. The molecule has 0 radical (unpaired) electrons. The van der Waals surface area contributed by atoms with Crippen molar-refractivity contribution in [2.24, 2.45) is 5.92 Å². The van der Waals surface area contributed by atoms with Gasteiger partial charge in [0.05, 0.1) is 0 Å². The first-order chi connectivity index (χ1) is 9.13. The molecule has 1 aliphatic rings.